The number of benzene rings is 1. The SMILES string of the molecule is CC1CCCN(CC(C)NC(=O)c2ccc(SCc3cn4ccccc4n3)cc2)C1. The third-order valence-electron chi connectivity index (χ3n) is 5.57. The highest BCUT2D eigenvalue weighted by atomic mass is 32.2. The summed E-state index contributed by atoms with van der Waals surface area (Å²) < 4.78 is 2.04. The molecule has 5 nitrogen and oxygen atoms in total. The molecule has 3 aromatic rings. The van der Waals surface area contributed by atoms with Gasteiger partial charge in [0.1, 0.15) is 5.65 Å². The van der Waals surface area contributed by atoms with Gasteiger partial charge in [-0.3, -0.25) is 4.79 Å². The van der Waals surface area contributed by atoms with Gasteiger partial charge in [-0.15, -0.1) is 11.8 Å². The topological polar surface area (TPSA) is 49.6 Å². The Labute approximate surface area is 182 Å². The molecular weight excluding hydrogens is 392 g/mol. The maximum atomic E-state index is 12.6. The molecule has 2 atom stereocenters. The number of likely N-dealkylation sites (tertiary alicyclic amines) is 1. The fraction of sp³-hybridized carbons (Fsp3) is 0.417. The molecule has 2 unspecified atom stereocenters. The summed E-state index contributed by atoms with van der Waals surface area (Å²) in [6.07, 6.45) is 6.65. The van der Waals surface area contributed by atoms with Crippen LogP contribution >= 0.6 is 11.8 Å². The Balaban J connectivity index is 1.27. The molecule has 0 spiro atoms. The van der Waals surface area contributed by atoms with Crippen LogP contribution in [0.15, 0.2) is 59.8 Å². The molecule has 6 heteroatoms. The second-order valence-electron chi connectivity index (χ2n) is 8.39. The number of nitrogens with zero attached hydrogens (tertiary/aromatic N) is 3. The number of fused-ring (bicyclic) bond motifs is 1. The van der Waals surface area contributed by atoms with Crippen molar-refractivity contribution in [2.75, 3.05) is 19.6 Å². The number of thioether (sulfide) groups is 1. The van der Waals surface area contributed by atoms with Crippen LogP contribution < -0.4 is 5.32 Å². The average molecular weight is 423 g/mol. The minimum atomic E-state index is 0.00413. The molecule has 4 rings (SSSR count). The van der Waals surface area contributed by atoms with Crippen LogP contribution in [0.2, 0.25) is 0 Å². The zero-order valence-electron chi connectivity index (χ0n) is 17.8. The Bertz CT molecular complexity index is 951. The molecule has 0 bridgehead atoms. The molecule has 1 aliphatic rings. The van der Waals surface area contributed by atoms with E-state index in [9.17, 15) is 4.79 Å². The van der Waals surface area contributed by atoms with E-state index in [2.05, 4.69) is 35.2 Å². The number of carbonyl (C=O) groups is 1. The van der Waals surface area contributed by atoms with Gasteiger partial charge in [-0.25, -0.2) is 4.98 Å². The van der Waals surface area contributed by atoms with E-state index >= 15 is 0 Å². The van der Waals surface area contributed by atoms with Crippen molar-refractivity contribution in [3.63, 3.8) is 0 Å². The van der Waals surface area contributed by atoms with E-state index < -0.39 is 0 Å². The summed E-state index contributed by atoms with van der Waals surface area (Å²) in [5, 5.41) is 3.15. The average Bonchev–Trinajstić information content (AvgIpc) is 3.15. The second kappa shape index (κ2) is 9.67. The van der Waals surface area contributed by atoms with Crippen LogP contribution in [0.25, 0.3) is 5.65 Å². The van der Waals surface area contributed by atoms with Gasteiger partial charge in [0.05, 0.1) is 5.69 Å². The number of hydrogen-bond donors (Lipinski definition) is 1. The molecule has 1 aromatic carbocycles. The Hall–Kier alpha value is -2.31. The Kier molecular flexibility index (Phi) is 6.75. The first kappa shape index (κ1) is 20.9. The van der Waals surface area contributed by atoms with Crippen LogP contribution in [-0.4, -0.2) is 45.9 Å². The van der Waals surface area contributed by atoms with Gasteiger partial charge in [-0.2, -0.15) is 0 Å². The van der Waals surface area contributed by atoms with Gasteiger partial charge in [0.25, 0.3) is 5.91 Å². The van der Waals surface area contributed by atoms with Crippen molar-refractivity contribution in [2.24, 2.45) is 5.92 Å². The van der Waals surface area contributed by atoms with E-state index in [-0.39, 0.29) is 11.9 Å². The number of carbonyl (C=O) groups excluding carboxylic acids is 1. The number of hydrogen-bond acceptors (Lipinski definition) is 4. The summed E-state index contributed by atoms with van der Waals surface area (Å²) in [7, 11) is 0. The number of pyridine rings is 1. The highest BCUT2D eigenvalue weighted by Gasteiger charge is 2.19. The smallest absolute Gasteiger partial charge is 0.251 e. The summed E-state index contributed by atoms with van der Waals surface area (Å²) in [5.74, 6) is 1.56. The van der Waals surface area contributed by atoms with Crippen molar-refractivity contribution in [1.82, 2.24) is 19.6 Å². The number of nitrogens with one attached hydrogen (secondary N) is 1. The second-order valence-corrected chi connectivity index (χ2v) is 9.44. The van der Waals surface area contributed by atoms with Crippen molar-refractivity contribution in [3.8, 4) is 0 Å². The van der Waals surface area contributed by atoms with Crippen LogP contribution in [0.4, 0.5) is 0 Å². The van der Waals surface area contributed by atoms with Crippen LogP contribution in [0.5, 0.6) is 0 Å². The van der Waals surface area contributed by atoms with Crippen molar-refractivity contribution in [1.29, 1.82) is 0 Å². The molecule has 3 heterocycles. The van der Waals surface area contributed by atoms with Crippen LogP contribution in [-0.2, 0) is 5.75 Å². The highest BCUT2D eigenvalue weighted by molar-refractivity contribution is 7.98. The lowest BCUT2D eigenvalue weighted by Crippen LogP contribution is -2.45. The summed E-state index contributed by atoms with van der Waals surface area (Å²) >= 11 is 1.73. The first-order chi connectivity index (χ1) is 14.6. The molecule has 158 valence electrons. The maximum Gasteiger partial charge on any atom is 0.251 e. The van der Waals surface area contributed by atoms with E-state index in [0.717, 1.165) is 47.5 Å². The van der Waals surface area contributed by atoms with E-state index in [1.54, 1.807) is 11.8 Å². The van der Waals surface area contributed by atoms with Gasteiger partial charge in [-0.1, -0.05) is 13.0 Å². The van der Waals surface area contributed by atoms with E-state index in [1.165, 1.54) is 12.8 Å². The molecule has 1 saturated heterocycles. The monoisotopic (exact) mass is 422 g/mol. The summed E-state index contributed by atoms with van der Waals surface area (Å²) in [4.78, 5) is 20.8. The number of imidazole rings is 1. The number of aromatic nitrogens is 2. The van der Waals surface area contributed by atoms with Crippen LogP contribution in [0.3, 0.4) is 0 Å². The molecule has 1 aliphatic heterocycles. The van der Waals surface area contributed by atoms with E-state index in [1.807, 2.05) is 53.1 Å². The molecular formula is C24H30N4OS. The van der Waals surface area contributed by atoms with E-state index in [0.29, 0.717) is 5.56 Å². The Morgan fingerprint density at radius 1 is 1.27 bits per heavy atom. The fourth-order valence-electron chi connectivity index (χ4n) is 4.11. The zero-order chi connectivity index (χ0) is 20.9. The summed E-state index contributed by atoms with van der Waals surface area (Å²) in [6, 6.07) is 14.0. The molecule has 30 heavy (non-hydrogen) atoms. The third kappa shape index (κ3) is 5.43. The Morgan fingerprint density at radius 2 is 2.10 bits per heavy atom. The molecule has 2 aromatic heterocycles. The van der Waals surface area contributed by atoms with Gasteiger partial charge in [0.15, 0.2) is 0 Å². The third-order valence-corrected chi connectivity index (χ3v) is 6.61. The molecule has 1 fully saturated rings. The molecule has 0 saturated carbocycles. The van der Waals surface area contributed by atoms with Crippen molar-refractivity contribution >= 4 is 23.3 Å². The van der Waals surface area contributed by atoms with Gasteiger partial charge < -0.3 is 14.6 Å². The predicted octanol–water partition coefficient (Wildman–Crippen LogP) is 4.48. The van der Waals surface area contributed by atoms with Crippen molar-refractivity contribution in [2.45, 2.75) is 43.4 Å². The van der Waals surface area contributed by atoms with Gasteiger partial charge in [0.2, 0.25) is 0 Å². The summed E-state index contributed by atoms with van der Waals surface area (Å²) in [6.45, 7) is 7.60. The van der Waals surface area contributed by atoms with Crippen molar-refractivity contribution < 1.29 is 4.79 Å². The minimum absolute atomic E-state index is 0.00413. The first-order valence-electron chi connectivity index (χ1n) is 10.8. The van der Waals surface area contributed by atoms with E-state index in [4.69, 9.17) is 0 Å². The lowest BCUT2D eigenvalue weighted by atomic mass is 10.00. The summed E-state index contributed by atoms with van der Waals surface area (Å²) in [5.41, 5.74) is 2.73. The lowest BCUT2D eigenvalue weighted by molar-refractivity contribution is 0.0920. The highest BCUT2D eigenvalue weighted by Crippen LogP contribution is 2.23. The van der Waals surface area contributed by atoms with Crippen LogP contribution in [0.1, 0.15) is 42.7 Å². The molecule has 0 radical (unpaired) electrons. The Morgan fingerprint density at radius 3 is 2.87 bits per heavy atom. The quantitative estimate of drug-likeness (QED) is 0.571. The standard InChI is InChI=1S/C24H30N4OS/c1-18-6-5-12-27(14-18)15-19(2)25-24(29)20-8-10-22(11-9-20)30-17-21-16-28-13-4-3-7-23(28)26-21/h3-4,7-11,13,16,18-19H,5-6,12,14-15,17H2,1-2H3,(H,25,29). The minimum Gasteiger partial charge on any atom is -0.348 e. The van der Waals surface area contributed by atoms with Gasteiger partial charge in [0, 0.05) is 47.7 Å². The maximum absolute atomic E-state index is 12.6. The fourth-order valence-corrected chi connectivity index (χ4v) is 4.89. The molecule has 0 aliphatic carbocycles. The van der Waals surface area contributed by atoms with Crippen molar-refractivity contribution in [3.05, 3.63) is 66.1 Å². The predicted molar refractivity (Wildman–Crippen MR) is 123 cm³/mol. The number of piperidine rings is 1. The lowest BCUT2D eigenvalue weighted by Gasteiger charge is -2.32. The van der Waals surface area contributed by atoms with Crippen LogP contribution in [0, 0.1) is 5.92 Å². The molecule has 1 amide bonds. The number of amides is 1. The first-order valence-corrected chi connectivity index (χ1v) is 11.7. The molecule has 1 N–H and O–H groups in total. The van der Waals surface area contributed by atoms with Gasteiger partial charge >= 0.3 is 0 Å². The zero-order valence-corrected chi connectivity index (χ0v) is 18.6. The van der Waals surface area contributed by atoms with Gasteiger partial charge in [-0.05, 0) is 68.6 Å². The number of rotatable bonds is 7. The normalized spacial score (nSPS) is 18.4. The largest absolute Gasteiger partial charge is 0.348 e.